The number of nitrogens with one attached hydrogen (secondary N) is 1. The Hall–Kier alpha value is -1.98. The summed E-state index contributed by atoms with van der Waals surface area (Å²) in [5.41, 5.74) is 0.938. The van der Waals surface area contributed by atoms with Crippen LogP contribution in [0.15, 0.2) is 24.4 Å². The van der Waals surface area contributed by atoms with Crippen molar-refractivity contribution in [1.29, 1.82) is 0 Å². The summed E-state index contributed by atoms with van der Waals surface area (Å²) in [6, 6.07) is 0. The Bertz CT molecular complexity index is 386. The number of likely N-dealkylation sites (N-methyl/N-ethyl adjacent to an activating group) is 1. The van der Waals surface area contributed by atoms with Crippen LogP contribution in [0.3, 0.4) is 0 Å². The van der Waals surface area contributed by atoms with Crippen LogP contribution >= 0.6 is 0 Å². The number of H-pyrrole nitrogens is 1. The Balaban J connectivity index is 1.96. The van der Waals surface area contributed by atoms with Crippen LogP contribution in [-0.4, -0.2) is 41.3 Å². The van der Waals surface area contributed by atoms with Gasteiger partial charge >= 0.3 is 0 Å². The van der Waals surface area contributed by atoms with Gasteiger partial charge in [0.05, 0.1) is 6.20 Å². The average molecular weight is 223 g/mol. The number of aromatic nitrogens is 2. The zero-order valence-electron chi connectivity index (χ0n) is 8.97. The van der Waals surface area contributed by atoms with Crippen LogP contribution in [0, 0.1) is 0 Å². The standard InChI is InChI=1S/C10H13N3O3/c1-13(6-8-4-11-12-5-8)10(14)9-7-15-2-3-16-9/h4-5,7H,2-3,6H2,1H3,(H,11,12). The third kappa shape index (κ3) is 2.33. The summed E-state index contributed by atoms with van der Waals surface area (Å²) < 4.78 is 10.2. The Morgan fingerprint density at radius 1 is 1.62 bits per heavy atom. The largest absolute Gasteiger partial charge is 0.494 e. The third-order valence-electron chi connectivity index (χ3n) is 2.18. The molecule has 1 N–H and O–H groups in total. The van der Waals surface area contributed by atoms with Crippen LogP contribution in [0.5, 0.6) is 0 Å². The van der Waals surface area contributed by atoms with Crippen molar-refractivity contribution in [3.8, 4) is 0 Å². The second-order valence-electron chi connectivity index (χ2n) is 3.47. The minimum absolute atomic E-state index is 0.194. The number of aromatic amines is 1. The summed E-state index contributed by atoms with van der Waals surface area (Å²) in [6.07, 6.45) is 4.78. The summed E-state index contributed by atoms with van der Waals surface area (Å²) in [5, 5.41) is 6.51. The number of rotatable bonds is 3. The van der Waals surface area contributed by atoms with Crippen molar-refractivity contribution in [1.82, 2.24) is 15.1 Å². The molecule has 1 aliphatic rings. The van der Waals surface area contributed by atoms with E-state index in [0.717, 1.165) is 5.56 Å². The lowest BCUT2D eigenvalue weighted by Gasteiger charge is -2.20. The third-order valence-corrected chi connectivity index (χ3v) is 2.18. The number of ether oxygens (including phenoxy) is 2. The van der Waals surface area contributed by atoms with E-state index in [1.807, 2.05) is 0 Å². The quantitative estimate of drug-likeness (QED) is 0.798. The molecule has 1 aromatic heterocycles. The summed E-state index contributed by atoms with van der Waals surface area (Å²) in [6.45, 7) is 1.38. The lowest BCUT2D eigenvalue weighted by Crippen LogP contribution is -2.30. The normalized spacial score (nSPS) is 14.7. The van der Waals surface area contributed by atoms with E-state index in [1.165, 1.54) is 6.26 Å². The highest BCUT2D eigenvalue weighted by molar-refractivity contribution is 5.91. The molecule has 0 aromatic carbocycles. The van der Waals surface area contributed by atoms with Crippen molar-refractivity contribution in [3.63, 3.8) is 0 Å². The van der Waals surface area contributed by atoms with Crippen LogP contribution in [0.1, 0.15) is 5.56 Å². The molecular formula is C10H13N3O3. The van der Waals surface area contributed by atoms with Gasteiger partial charge < -0.3 is 14.4 Å². The SMILES string of the molecule is CN(Cc1cn[nH]c1)C(=O)C1=COCCO1. The Labute approximate surface area is 92.8 Å². The van der Waals surface area contributed by atoms with Gasteiger partial charge in [-0.1, -0.05) is 0 Å². The maximum atomic E-state index is 11.8. The fourth-order valence-corrected chi connectivity index (χ4v) is 1.38. The molecule has 0 radical (unpaired) electrons. The molecule has 6 heteroatoms. The lowest BCUT2D eigenvalue weighted by atomic mass is 10.3. The average Bonchev–Trinajstić information content (AvgIpc) is 2.82. The first-order chi connectivity index (χ1) is 7.77. The molecule has 16 heavy (non-hydrogen) atoms. The molecule has 0 saturated carbocycles. The first kappa shape index (κ1) is 10.5. The summed E-state index contributed by atoms with van der Waals surface area (Å²) in [7, 11) is 1.70. The van der Waals surface area contributed by atoms with Gasteiger partial charge in [-0.2, -0.15) is 5.10 Å². The maximum absolute atomic E-state index is 11.8. The molecule has 0 spiro atoms. The molecule has 0 atom stereocenters. The number of hydrogen-bond donors (Lipinski definition) is 1. The van der Waals surface area contributed by atoms with Crippen LogP contribution in [0.4, 0.5) is 0 Å². The molecular weight excluding hydrogens is 210 g/mol. The van der Waals surface area contributed by atoms with Crippen LogP contribution in [-0.2, 0) is 20.8 Å². The van der Waals surface area contributed by atoms with Gasteiger partial charge in [0.15, 0.2) is 0 Å². The fourth-order valence-electron chi connectivity index (χ4n) is 1.38. The van der Waals surface area contributed by atoms with E-state index in [1.54, 1.807) is 24.3 Å². The van der Waals surface area contributed by atoms with E-state index in [9.17, 15) is 4.79 Å². The first-order valence-corrected chi connectivity index (χ1v) is 4.95. The molecule has 1 amide bonds. The first-order valence-electron chi connectivity index (χ1n) is 4.95. The predicted octanol–water partition coefficient (Wildman–Crippen LogP) is 0.256. The summed E-state index contributed by atoms with van der Waals surface area (Å²) in [5.74, 6) is 0.0538. The smallest absolute Gasteiger partial charge is 0.292 e. The van der Waals surface area contributed by atoms with E-state index in [-0.39, 0.29) is 11.7 Å². The molecule has 1 aromatic rings. The van der Waals surface area contributed by atoms with Gasteiger partial charge in [0, 0.05) is 25.4 Å². The molecule has 2 rings (SSSR count). The number of hydrogen-bond acceptors (Lipinski definition) is 4. The zero-order chi connectivity index (χ0) is 11.4. The molecule has 0 unspecified atom stereocenters. The number of nitrogens with zero attached hydrogens (tertiary/aromatic N) is 2. The second-order valence-corrected chi connectivity index (χ2v) is 3.47. The molecule has 86 valence electrons. The van der Waals surface area contributed by atoms with Crippen molar-refractivity contribution in [2.24, 2.45) is 0 Å². The molecule has 1 aliphatic heterocycles. The Morgan fingerprint density at radius 3 is 3.12 bits per heavy atom. The maximum Gasteiger partial charge on any atom is 0.292 e. The van der Waals surface area contributed by atoms with Gasteiger partial charge in [0.2, 0.25) is 5.76 Å². The van der Waals surface area contributed by atoms with E-state index in [2.05, 4.69) is 10.2 Å². The van der Waals surface area contributed by atoms with Crippen molar-refractivity contribution in [2.45, 2.75) is 6.54 Å². The highest BCUT2D eigenvalue weighted by Crippen LogP contribution is 2.09. The minimum atomic E-state index is -0.194. The molecule has 2 heterocycles. The number of carbonyl (C=O) groups is 1. The van der Waals surface area contributed by atoms with E-state index in [0.29, 0.717) is 19.8 Å². The number of amides is 1. The molecule has 0 fully saturated rings. The van der Waals surface area contributed by atoms with Crippen LogP contribution in [0.25, 0.3) is 0 Å². The molecule has 0 saturated heterocycles. The Morgan fingerprint density at radius 2 is 2.50 bits per heavy atom. The predicted molar refractivity (Wildman–Crippen MR) is 55.0 cm³/mol. The second kappa shape index (κ2) is 4.69. The van der Waals surface area contributed by atoms with Gasteiger partial charge in [-0.25, -0.2) is 0 Å². The van der Waals surface area contributed by atoms with Crippen molar-refractivity contribution in [3.05, 3.63) is 30.0 Å². The van der Waals surface area contributed by atoms with Gasteiger partial charge in [0.25, 0.3) is 5.91 Å². The van der Waals surface area contributed by atoms with Crippen molar-refractivity contribution in [2.75, 3.05) is 20.3 Å². The highest BCUT2D eigenvalue weighted by atomic mass is 16.6. The monoisotopic (exact) mass is 223 g/mol. The van der Waals surface area contributed by atoms with Crippen molar-refractivity contribution < 1.29 is 14.3 Å². The van der Waals surface area contributed by atoms with Crippen LogP contribution < -0.4 is 0 Å². The van der Waals surface area contributed by atoms with Gasteiger partial charge in [-0.3, -0.25) is 9.89 Å². The van der Waals surface area contributed by atoms with Gasteiger partial charge in [-0.05, 0) is 0 Å². The van der Waals surface area contributed by atoms with Gasteiger partial charge in [-0.15, -0.1) is 0 Å². The lowest BCUT2D eigenvalue weighted by molar-refractivity contribution is -0.131. The highest BCUT2D eigenvalue weighted by Gasteiger charge is 2.19. The minimum Gasteiger partial charge on any atom is -0.494 e. The zero-order valence-corrected chi connectivity index (χ0v) is 8.97. The Kier molecular flexibility index (Phi) is 3.09. The van der Waals surface area contributed by atoms with E-state index >= 15 is 0 Å². The number of carbonyl (C=O) groups excluding carboxylic acids is 1. The van der Waals surface area contributed by atoms with E-state index < -0.39 is 0 Å². The molecule has 6 nitrogen and oxygen atoms in total. The van der Waals surface area contributed by atoms with Crippen molar-refractivity contribution >= 4 is 5.91 Å². The fraction of sp³-hybridized carbons (Fsp3) is 0.400. The van der Waals surface area contributed by atoms with E-state index in [4.69, 9.17) is 9.47 Å². The molecule has 0 aliphatic carbocycles. The molecule has 0 bridgehead atoms. The summed E-state index contributed by atoms with van der Waals surface area (Å²) >= 11 is 0. The topological polar surface area (TPSA) is 67.5 Å². The van der Waals surface area contributed by atoms with Gasteiger partial charge in [0.1, 0.15) is 19.5 Å². The summed E-state index contributed by atoms with van der Waals surface area (Å²) in [4.78, 5) is 13.4. The van der Waals surface area contributed by atoms with Crippen LogP contribution in [0.2, 0.25) is 0 Å².